The van der Waals surface area contributed by atoms with Crippen molar-refractivity contribution < 1.29 is 9.90 Å². The molecule has 2 rings (SSSR count). The first-order valence-electron chi connectivity index (χ1n) is 7.04. The zero-order chi connectivity index (χ0) is 14.4. The van der Waals surface area contributed by atoms with E-state index in [1.54, 1.807) is 11.8 Å². The van der Waals surface area contributed by atoms with E-state index in [1.165, 1.54) is 4.90 Å². The molecule has 5 heteroatoms. The molecule has 0 aromatic heterocycles. The van der Waals surface area contributed by atoms with Gasteiger partial charge in [0.05, 0.1) is 12.1 Å². The first kappa shape index (κ1) is 15.2. The molecule has 2 atom stereocenters. The minimum absolute atomic E-state index is 0.109. The lowest BCUT2D eigenvalue weighted by molar-refractivity contribution is 0.0943. The number of carbonyl (C=O) groups excluding carboxylic acids is 1. The van der Waals surface area contributed by atoms with E-state index in [2.05, 4.69) is 10.6 Å². The Labute approximate surface area is 124 Å². The van der Waals surface area contributed by atoms with Crippen LogP contribution in [0.5, 0.6) is 0 Å². The van der Waals surface area contributed by atoms with Gasteiger partial charge in [-0.15, -0.1) is 11.8 Å². The average molecular weight is 294 g/mol. The highest BCUT2D eigenvalue weighted by Crippen LogP contribution is 2.18. The van der Waals surface area contributed by atoms with Crippen LogP contribution in [0.15, 0.2) is 29.2 Å². The van der Waals surface area contributed by atoms with Crippen LogP contribution >= 0.6 is 11.8 Å². The molecule has 4 nitrogen and oxygen atoms in total. The highest BCUT2D eigenvalue weighted by molar-refractivity contribution is 7.98. The largest absolute Gasteiger partial charge is 0.391 e. The molecule has 2 amide bonds. The molecule has 1 aliphatic carbocycles. The Morgan fingerprint density at radius 2 is 2.00 bits per heavy atom. The van der Waals surface area contributed by atoms with E-state index in [4.69, 9.17) is 0 Å². The molecule has 1 fully saturated rings. The maximum Gasteiger partial charge on any atom is 0.315 e. The number of hydrogen-bond acceptors (Lipinski definition) is 3. The molecule has 110 valence electrons. The Kier molecular flexibility index (Phi) is 5.73. The summed E-state index contributed by atoms with van der Waals surface area (Å²) in [4.78, 5) is 13.0. The van der Waals surface area contributed by atoms with Crippen molar-refractivity contribution >= 4 is 17.8 Å². The van der Waals surface area contributed by atoms with Crippen LogP contribution in [0, 0.1) is 0 Å². The molecule has 0 saturated heterocycles. The number of amides is 2. The highest BCUT2D eigenvalue weighted by Gasteiger charge is 2.24. The summed E-state index contributed by atoms with van der Waals surface area (Å²) in [7, 11) is 0. The summed E-state index contributed by atoms with van der Waals surface area (Å²) in [5.41, 5.74) is 1.07. The van der Waals surface area contributed by atoms with E-state index in [0.29, 0.717) is 6.54 Å². The Bertz CT molecular complexity index is 436. The average Bonchev–Trinajstić information content (AvgIpc) is 2.48. The fourth-order valence-corrected chi connectivity index (χ4v) is 2.83. The van der Waals surface area contributed by atoms with Crippen molar-refractivity contribution in [2.75, 3.05) is 6.26 Å². The maximum absolute atomic E-state index is 11.8. The van der Waals surface area contributed by atoms with Crippen molar-refractivity contribution in [2.45, 2.75) is 49.3 Å². The molecule has 0 heterocycles. The van der Waals surface area contributed by atoms with Gasteiger partial charge in [0.25, 0.3) is 0 Å². The van der Waals surface area contributed by atoms with Crippen LogP contribution in [0.1, 0.15) is 31.2 Å². The van der Waals surface area contributed by atoms with E-state index >= 15 is 0 Å². The van der Waals surface area contributed by atoms with Gasteiger partial charge in [-0.2, -0.15) is 0 Å². The van der Waals surface area contributed by atoms with Crippen molar-refractivity contribution in [2.24, 2.45) is 0 Å². The van der Waals surface area contributed by atoms with E-state index in [1.807, 2.05) is 30.5 Å². The third-order valence-corrected chi connectivity index (χ3v) is 4.40. The van der Waals surface area contributed by atoms with Gasteiger partial charge in [0.1, 0.15) is 0 Å². The van der Waals surface area contributed by atoms with Crippen LogP contribution in [0.2, 0.25) is 0 Å². The van der Waals surface area contributed by atoms with Crippen molar-refractivity contribution in [1.29, 1.82) is 0 Å². The molecule has 1 saturated carbocycles. The summed E-state index contributed by atoms with van der Waals surface area (Å²) in [6.07, 6.45) is 5.38. The lowest BCUT2D eigenvalue weighted by atomic mass is 9.93. The molecule has 2 unspecified atom stereocenters. The Morgan fingerprint density at radius 3 is 2.65 bits per heavy atom. The Hall–Kier alpha value is -1.20. The number of benzene rings is 1. The summed E-state index contributed by atoms with van der Waals surface area (Å²) >= 11 is 1.70. The molecule has 1 aromatic rings. The smallest absolute Gasteiger partial charge is 0.315 e. The summed E-state index contributed by atoms with van der Waals surface area (Å²) < 4.78 is 0. The number of nitrogens with one attached hydrogen (secondary N) is 2. The zero-order valence-corrected chi connectivity index (χ0v) is 12.6. The van der Waals surface area contributed by atoms with E-state index in [-0.39, 0.29) is 12.1 Å². The van der Waals surface area contributed by atoms with Gasteiger partial charge in [0, 0.05) is 11.4 Å². The summed E-state index contributed by atoms with van der Waals surface area (Å²) in [5, 5.41) is 15.5. The maximum atomic E-state index is 11.8. The van der Waals surface area contributed by atoms with Gasteiger partial charge in [-0.1, -0.05) is 25.0 Å². The van der Waals surface area contributed by atoms with Crippen molar-refractivity contribution in [1.82, 2.24) is 10.6 Å². The van der Waals surface area contributed by atoms with Gasteiger partial charge in [-0.05, 0) is 36.8 Å². The molecule has 3 N–H and O–H groups in total. The topological polar surface area (TPSA) is 61.4 Å². The van der Waals surface area contributed by atoms with E-state index in [9.17, 15) is 9.90 Å². The number of aliphatic hydroxyl groups is 1. The van der Waals surface area contributed by atoms with Crippen LogP contribution in [0.25, 0.3) is 0 Å². The Balaban J connectivity index is 1.76. The van der Waals surface area contributed by atoms with E-state index < -0.39 is 6.10 Å². The lowest BCUT2D eigenvalue weighted by Crippen LogP contribution is -2.48. The SMILES string of the molecule is CSc1ccc(CNC(=O)NC2CCCCC2O)cc1. The standard InChI is InChI=1S/C15H22N2O2S/c1-20-12-8-6-11(7-9-12)10-16-15(19)17-13-4-2-3-5-14(13)18/h6-9,13-14,18H,2-5,10H2,1H3,(H2,16,17,19). The van der Waals surface area contributed by atoms with Crippen LogP contribution in [-0.2, 0) is 6.54 Å². The summed E-state index contributed by atoms with van der Waals surface area (Å²) in [6, 6.07) is 7.81. The zero-order valence-electron chi connectivity index (χ0n) is 11.8. The minimum Gasteiger partial charge on any atom is -0.391 e. The quantitative estimate of drug-likeness (QED) is 0.748. The van der Waals surface area contributed by atoms with Gasteiger partial charge in [0.2, 0.25) is 0 Å². The normalized spacial score (nSPS) is 22.3. The third-order valence-electron chi connectivity index (χ3n) is 3.66. The number of carbonyl (C=O) groups is 1. The fourth-order valence-electron chi connectivity index (χ4n) is 2.42. The number of rotatable bonds is 4. The molecule has 0 bridgehead atoms. The van der Waals surface area contributed by atoms with Crippen LogP contribution in [0.4, 0.5) is 4.79 Å². The van der Waals surface area contributed by atoms with Gasteiger partial charge in [-0.25, -0.2) is 4.79 Å². The first-order valence-corrected chi connectivity index (χ1v) is 8.27. The van der Waals surface area contributed by atoms with Gasteiger partial charge in [-0.3, -0.25) is 0 Å². The van der Waals surface area contributed by atoms with Gasteiger partial charge >= 0.3 is 6.03 Å². The minimum atomic E-state index is -0.407. The van der Waals surface area contributed by atoms with Crippen molar-refractivity contribution in [3.8, 4) is 0 Å². The molecule has 20 heavy (non-hydrogen) atoms. The van der Waals surface area contributed by atoms with Crippen LogP contribution in [-0.4, -0.2) is 29.5 Å². The number of urea groups is 1. The first-order chi connectivity index (χ1) is 9.69. The molecule has 0 spiro atoms. The second-order valence-electron chi connectivity index (χ2n) is 5.13. The molecular formula is C15H22N2O2S. The lowest BCUT2D eigenvalue weighted by Gasteiger charge is -2.28. The number of aliphatic hydroxyl groups excluding tert-OH is 1. The molecule has 1 aromatic carbocycles. The van der Waals surface area contributed by atoms with Crippen molar-refractivity contribution in [3.05, 3.63) is 29.8 Å². The molecule has 0 aliphatic heterocycles. The van der Waals surface area contributed by atoms with Crippen molar-refractivity contribution in [3.63, 3.8) is 0 Å². The molecule has 0 radical (unpaired) electrons. The van der Waals surface area contributed by atoms with Gasteiger partial charge in [0.15, 0.2) is 0 Å². The predicted molar refractivity (Wildman–Crippen MR) is 81.9 cm³/mol. The second-order valence-corrected chi connectivity index (χ2v) is 6.01. The summed E-state index contributed by atoms with van der Waals surface area (Å²) in [5.74, 6) is 0. The number of hydrogen-bond donors (Lipinski definition) is 3. The summed E-state index contributed by atoms with van der Waals surface area (Å²) in [6.45, 7) is 0.503. The monoisotopic (exact) mass is 294 g/mol. The van der Waals surface area contributed by atoms with E-state index in [0.717, 1.165) is 31.2 Å². The Morgan fingerprint density at radius 1 is 1.30 bits per heavy atom. The fraction of sp³-hybridized carbons (Fsp3) is 0.533. The molecular weight excluding hydrogens is 272 g/mol. The second kappa shape index (κ2) is 7.55. The predicted octanol–water partition coefficient (Wildman–Crippen LogP) is 2.51. The molecule has 1 aliphatic rings. The van der Waals surface area contributed by atoms with Gasteiger partial charge < -0.3 is 15.7 Å². The van der Waals surface area contributed by atoms with Crippen LogP contribution < -0.4 is 10.6 Å². The third kappa shape index (κ3) is 4.42. The number of thioether (sulfide) groups is 1. The van der Waals surface area contributed by atoms with Crippen LogP contribution in [0.3, 0.4) is 0 Å². The highest BCUT2D eigenvalue weighted by atomic mass is 32.2.